The lowest BCUT2D eigenvalue weighted by Gasteiger charge is -1.95. The van der Waals surface area contributed by atoms with Crippen molar-refractivity contribution in [3.8, 4) is 0 Å². The summed E-state index contributed by atoms with van der Waals surface area (Å²) < 4.78 is 30.3. The maximum absolute atomic E-state index is 11.1. The maximum atomic E-state index is 11.1. The molecule has 14 heavy (non-hydrogen) atoms. The SMILES string of the molecule is CCOC(=O)c1coc(NS(=O)O)c1. The topological polar surface area (TPSA) is 88.8 Å². The Balaban J connectivity index is 2.67. The highest BCUT2D eigenvalue weighted by atomic mass is 32.2. The molecule has 0 aromatic carbocycles. The Labute approximate surface area is 82.7 Å². The fourth-order valence-corrected chi connectivity index (χ4v) is 1.08. The van der Waals surface area contributed by atoms with E-state index < -0.39 is 17.2 Å². The Hall–Kier alpha value is -1.34. The zero-order valence-electron chi connectivity index (χ0n) is 7.35. The van der Waals surface area contributed by atoms with E-state index in [1.807, 2.05) is 0 Å². The van der Waals surface area contributed by atoms with Gasteiger partial charge < -0.3 is 9.15 Å². The van der Waals surface area contributed by atoms with E-state index in [0.29, 0.717) is 0 Å². The third-order valence-electron chi connectivity index (χ3n) is 1.30. The molecule has 0 saturated heterocycles. The first kappa shape index (κ1) is 10.7. The van der Waals surface area contributed by atoms with Crippen LogP contribution in [0.3, 0.4) is 0 Å². The first-order valence-electron chi connectivity index (χ1n) is 3.76. The normalized spacial score (nSPS) is 12.1. The highest BCUT2D eigenvalue weighted by Crippen LogP contribution is 2.14. The van der Waals surface area contributed by atoms with Gasteiger partial charge in [-0.25, -0.2) is 9.00 Å². The number of hydrogen-bond acceptors (Lipinski definition) is 4. The summed E-state index contributed by atoms with van der Waals surface area (Å²) in [4.78, 5) is 11.1. The van der Waals surface area contributed by atoms with Crippen LogP contribution in [-0.2, 0) is 16.0 Å². The first-order chi connectivity index (χ1) is 6.63. The average molecular weight is 219 g/mol. The third kappa shape index (κ3) is 2.86. The van der Waals surface area contributed by atoms with Gasteiger partial charge in [0.1, 0.15) is 11.8 Å². The summed E-state index contributed by atoms with van der Waals surface area (Å²) in [5.41, 5.74) is 0.194. The van der Waals surface area contributed by atoms with Gasteiger partial charge in [-0.15, -0.1) is 0 Å². The summed E-state index contributed by atoms with van der Waals surface area (Å²) >= 11 is -2.22. The molecule has 1 rings (SSSR count). The van der Waals surface area contributed by atoms with Crippen LogP contribution in [0.4, 0.5) is 5.88 Å². The minimum Gasteiger partial charge on any atom is -0.462 e. The number of anilines is 1. The third-order valence-corrected chi connectivity index (χ3v) is 1.67. The van der Waals surface area contributed by atoms with Crippen molar-refractivity contribution < 1.29 is 22.7 Å². The van der Waals surface area contributed by atoms with E-state index in [0.717, 1.165) is 6.26 Å². The molecule has 2 N–H and O–H groups in total. The second-order valence-electron chi connectivity index (χ2n) is 2.27. The number of furan rings is 1. The molecule has 0 fully saturated rings. The second kappa shape index (κ2) is 4.77. The lowest BCUT2D eigenvalue weighted by molar-refractivity contribution is 0.0525. The van der Waals surface area contributed by atoms with Crippen molar-refractivity contribution in [3.63, 3.8) is 0 Å². The van der Waals surface area contributed by atoms with Gasteiger partial charge >= 0.3 is 5.97 Å². The monoisotopic (exact) mass is 219 g/mol. The molecule has 0 spiro atoms. The molecule has 7 heteroatoms. The number of carbonyl (C=O) groups excluding carboxylic acids is 1. The number of hydrogen-bond donors (Lipinski definition) is 2. The molecule has 1 aromatic rings. The molecule has 0 saturated carbocycles. The number of nitrogens with one attached hydrogen (secondary N) is 1. The standard InChI is InChI=1S/C7H9NO5S/c1-2-12-7(9)5-3-6(13-4-5)8-14(10)11/h3-4,8H,2H2,1H3,(H,10,11). The van der Waals surface area contributed by atoms with Crippen molar-refractivity contribution in [2.45, 2.75) is 6.92 Å². The van der Waals surface area contributed by atoms with Crippen molar-refractivity contribution in [3.05, 3.63) is 17.9 Å². The quantitative estimate of drug-likeness (QED) is 0.582. The molecule has 78 valence electrons. The number of carbonyl (C=O) groups is 1. The van der Waals surface area contributed by atoms with Crippen molar-refractivity contribution in [2.24, 2.45) is 0 Å². The van der Waals surface area contributed by atoms with Crippen LogP contribution in [0.5, 0.6) is 0 Å². The van der Waals surface area contributed by atoms with Gasteiger partial charge in [0.25, 0.3) is 11.3 Å². The predicted molar refractivity (Wildman–Crippen MR) is 49.1 cm³/mol. The Kier molecular flexibility index (Phi) is 3.66. The van der Waals surface area contributed by atoms with E-state index in [2.05, 4.69) is 9.46 Å². The summed E-state index contributed by atoms with van der Waals surface area (Å²) in [5.74, 6) is -0.498. The van der Waals surface area contributed by atoms with Crippen LogP contribution >= 0.6 is 0 Å². The second-order valence-corrected chi connectivity index (χ2v) is 2.97. The Morgan fingerprint density at radius 3 is 3.07 bits per heavy atom. The Morgan fingerprint density at radius 2 is 2.50 bits per heavy atom. The highest BCUT2D eigenvalue weighted by molar-refractivity contribution is 7.80. The van der Waals surface area contributed by atoms with Crippen LogP contribution in [0.1, 0.15) is 17.3 Å². The molecule has 0 bridgehead atoms. The lowest BCUT2D eigenvalue weighted by Crippen LogP contribution is -2.03. The lowest BCUT2D eigenvalue weighted by atomic mass is 10.3. The van der Waals surface area contributed by atoms with Crippen molar-refractivity contribution in [2.75, 3.05) is 11.3 Å². The molecular weight excluding hydrogens is 210 g/mol. The molecule has 1 atom stereocenters. The van der Waals surface area contributed by atoms with Crippen LogP contribution in [0.25, 0.3) is 0 Å². The van der Waals surface area contributed by atoms with Gasteiger partial charge in [0.2, 0.25) is 5.88 Å². The van der Waals surface area contributed by atoms with Crippen molar-refractivity contribution in [1.82, 2.24) is 0 Å². The van der Waals surface area contributed by atoms with Crippen LogP contribution in [0.2, 0.25) is 0 Å². The van der Waals surface area contributed by atoms with E-state index in [1.165, 1.54) is 6.07 Å². The number of rotatable bonds is 4. The van der Waals surface area contributed by atoms with Crippen LogP contribution in [-0.4, -0.2) is 21.3 Å². The highest BCUT2D eigenvalue weighted by Gasteiger charge is 2.11. The zero-order chi connectivity index (χ0) is 10.6. The molecule has 1 heterocycles. The van der Waals surface area contributed by atoms with Gasteiger partial charge in [-0.05, 0) is 6.92 Å². The molecule has 0 aliphatic heterocycles. The Morgan fingerprint density at radius 1 is 1.79 bits per heavy atom. The summed E-state index contributed by atoms with van der Waals surface area (Å²) in [6, 6.07) is 1.28. The van der Waals surface area contributed by atoms with Crippen LogP contribution < -0.4 is 4.72 Å². The summed E-state index contributed by atoms with van der Waals surface area (Å²) in [7, 11) is 0. The predicted octanol–water partition coefficient (Wildman–Crippen LogP) is 1.00. The van der Waals surface area contributed by atoms with Gasteiger partial charge in [0.15, 0.2) is 0 Å². The van der Waals surface area contributed by atoms with Gasteiger partial charge in [0.05, 0.1) is 6.61 Å². The van der Waals surface area contributed by atoms with Gasteiger partial charge in [-0.3, -0.25) is 9.27 Å². The minimum absolute atomic E-state index is 0.0360. The maximum Gasteiger partial charge on any atom is 0.341 e. The molecule has 0 aliphatic carbocycles. The van der Waals surface area contributed by atoms with E-state index in [-0.39, 0.29) is 18.1 Å². The fourth-order valence-electron chi connectivity index (χ4n) is 0.797. The molecular formula is C7H9NO5S. The van der Waals surface area contributed by atoms with Crippen molar-refractivity contribution >= 4 is 23.1 Å². The first-order valence-corrected chi connectivity index (χ1v) is 4.87. The minimum atomic E-state index is -2.22. The molecule has 1 aromatic heterocycles. The van der Waals surface area contributed by atoms with Gasteiger partial charge in [-0.1, -0.05) is 0 Å². The molecule has 0 aliphatic rings. The van der Waals surface area contributed by atoms with E-state index in [1.54, 1.807) is 6.92 Å². The molecule has 1 unspecified atom stereocenters. The molecule has 0 radical (unpaired) electrons. The van der Waals surface area contributed by atoms with Crippen LogP contribution in [0.15, 0.2) is 16.7 Å². The van der Waals surface area contributed by atoms with Crippen molar-refractivity contribution in [1.29, 1.82) is 0 Å². The Bertz CT molecular complexity index is 348. The zero-order valence-corrected chi connectivity index (χ0v) is 8.17. The summed E-state index contributed by atoms with van der Waals surface area (Å²) in [5, 5.41) is 0. The molecule has 6 nitrogen and oxygen atoms in total. The van der Waals surface area contributed by atoms with Gasteiger partial charge in [0, 0.05) is 6.07 Å². The van der Waals surface area contributed by atoms with E-state index >= 15 is 0 Å². The van der Waals surface area contributed by atoms with Crippen LogP contribution in [0, 0.1) is 0 Å². The summed E-state index contributed by atoms with van der Waals surface area (Å²) in [6.07, 6.45) is 1.15. The molecule has 0 amide bonds. The number of esters is 1. The summed E-state index contributed by atoms with van der Waals surface area (Å²) in [6.45, 7) is 1.94. The smallest absolute Gasteiger partial charge is 0.341 e. The van der Waals surface area contributed by atoms with E-state index in [9.17, 15) is 9.00 Å². The largest absolute Gasteiger partial charge is 0.462 e. The fraction of sp³-hybridized carbons (Fsp3) is 0.286. The van der Waals surface area contributed by atoms with E-state index in [4.69, 9.17) is 8.97 Å². The number of ether oxygens (including phenoxy) is 1. The average Bonchev–Trinajstić information content (AvgIpc) is 2.52. The van der Waals surface area contributed by atoms with Gasteiger partial charge in [-0.2, -0.15) is 0 Å².